The van der Waals surface area contributed by atoms with Gasteiger partial charge in [0.05, 0.1) is 12.2 Å². The van der Waals surface area contributed by atoms with Crippen LogP contribution in [0.25, 0.3) is 0 Å². The van der Waals surface area contributed by atoms with Crippen molar-refractivity contribution in [3.63, 3.8) is 0 Å². The smallest absolute Gasteiger partial charge is 0.0961 e. The molecule has 0 aliphatic carbocycles. The molecule has 2 N–H and O–H groups in total. The standard InChI is InChI=1S/C12H18BrNO/c1-3-9(2)15-12(8-14)10-6-4-5-7-11(10)13/h4-7,9,12H,3,8,14H2,1-2H3. The van der Waals surface area contributed by atoms with Crippen LogP contribution in [0.2, 0.25) is 0 Å². The molecule has 0 bridgehead atoms. The van der Waals surface area contributed by atoms with Crippen LogP contribution in [0.15, 0.2) is 28.7 Å². The maximum Gasteiger partial charge on any atom is 0.0961 e. The van der Waals surface area contributed by atoms with Gasteiger partial charge in [0.2, 0.25) is 0 Å². The van der Waals surface area contributed by atoms with Crippen molar-refractivity contribution in [1.82, 2.24) is 0 Å². The van der Waals surface area contributed by atoms with E-state index in [1.54, 1.807) is 0 Å². The van der Waals surface area contributed by atoms with Gasteiger partial charge in [-0.3, -0.25) is 0 Å². The zero-order valence-corrected chi connectivity index (χ0v) is 10.8. The van der Waals surface area contributed by atoms with Crippen molar-refractivity contribution < 1.29 is 4.74 Å². The fraction of sp³-hybridized carbons (Fsp3) is 0.500. The third-order valence-electron chi connectivity index (χ3n) is 2.44. The van der Waals surface area contributed by atoms with E-state index in [2.05, 4.69) is 29.8 Å². The molecule has 2 atom stereocenters. The average Bonchev–Trinajstić information content (AvgIpc) is 2.26. The number of hydrogen-bond donors (Lipinski definition) is 1. The molecule has 0 saturated carbocycles. The van der Waals surface area contributed by atoms with Crippen LogP contribution in [0.1, 0.15) is 31.9 Å². The molecule has 0 radical (unpaired) electrons. The van der Waals surface area contributed by atoms with Crippen LogP contribution in [0, 0.1) is 0 Å². The van der Waals surface area contributed by atoms with Crippen molar-refractivity contribution in [2.75, 3.05) is 6.54 Å². The quantitative estimate of drug-likeness (QED) is 0.892. The Labute approximate surface area is 99.9 Å². The molecular formula is C12H18BrNO. The van der Waals surface area contributed by atoms with Crippen molar-refractivity contribution in [3.05, 3.63) is 34.3 Å². The summed E-state index contributed by atoms with van der Waals surface area (Å²) in [6.07, 6.45) is 1.22. The third-order valence-corrected chi connectivity index (χ3v) is 3.16. The molecule has 84 valence electrons. The highest BCUT2D eigenvalue weighted by molar-refractivity contribution is 9.10. The van der Waals surface area contributed by atoms with Crippen LogP contribution < -0.4 is 5.73 Å². The fourth-order valence-corrected chi connectivity index (χ4v) is 1.91. The van der Waals surface area contributed by atoms with Gasteiger partial charge in [-0.2, -0.15) is 0 Å². The Kier molecular flexibility index (Phi) is 5.29. The van der Waals surface area contributed by atoms with Crippen LogP contribution in [0.5, 0.6) is 0 Å². The molecule has 0 spiro atoms. The van der Waals surface area contributed by atoms with Crippen molar-refractivity contribution in [2.45, 2.75) is 32.5 Å². The molecule has 1 aromatic carbocycles. The number of benzene rings is 1. The summed E-state index contributed by atoms with van der Waals surface area (Å²) in [5, 5.41) is 0. The molecular weight excluding hydrogens is 254 g/mol. The second kappa shape index (κ2) is 6.26. The van der Waals surface area contributed by atoms with Gasteiger partial charge in [-0.25, -0.2) is 0 Å². The topological polar surface area (TPSA) is 35.2 Å². The van der Waals surface area contributed by atoms with Crippen molar-refractivity contribution >= 4 is 15.9 Å². The first-order valence-electron chi connectivity index (χ1n) is 5.29. The Morgan fingerprint density at radius 3 is 2.60 bits per heavy atom. The van der Waals surface area contributed by atoms with Gasteiger partial charge in [0.25, 0.3) is 0 Å². The number of ether oxygens (including phenoxy) is 1. The first-order chi connectivity index (χ1) is 7.19. The van der Waals surface area contributed by atoms with E-state index in [4.69, 9.17) is 10.5 Å². The Morgan fingerprint density at radius 2 is 2.07 bits per heavy atom. The monoisotopic (exact) mass is 271 g/mol. The molecule has 2 nitrogen and oxygen atoms in total. The summed E-state index contributed by atoms with van der Waals surface area (Å²) in [7, 11) is 0. The van der Waals surface area contributed by atoms with E-state index in [-0.39, 0.29) is 12.2 Å². The molecule has 15 heavy (non-hydrogen) atoms. The van der Waals surface area contributed by atoms with Crippen LogP contribution in [-0.4, -0.2) is 12.6 Å². The normalized spacial score (nSPS) is 14.9. The SMILES string of the molecule is CCC(C)OC(CN)c1ccccc1Br. The van der Waals surface area contributed by atoms with Crippen LogP contribution in [-0.2, 0) is 4.74 Å². The van der Waals surface area contributed by atoms with E-state index < -0.39 is 0 Å². The minimum Gasteiger partial charge on any atom is -0.369 e. The van der Waals surface area contributed by atoms with E-state index in [1.165, 1.54) is 0 Å². The van der Waals surface area contributed by atoms with Gasteiger partial charge in [-0.05, 0) is 25.0 Å². The lowest BCUT2D eigenvalue weighted by Gasteiger charge is -2.21. The Bertz CT molecular complexity index is 303. The Balaban J connectivity index is 2.78. The maximum absolute atomic E-state index is 5.86. The molecule has 0 saturated heterocycles. The Morgan fingerprint density at radius 1 is 1.40 bits per heavy atom. The highest BCUT2D eigenvalue weighted by Gasteiger charge is 2.15. The summed E-state index contributed by atoms with van der Waals surface area (Å²) < 4.78 is 6.92. The molecule has 1 rings (SSSR count). The molecule has 3 heteroatoms. The van der Waals surface area contributed by atoms with E-state index in [0.717, 1.165) is 16.5 Å². The summed E-state index contributed by atoms with van der Waals surface area (Å²) in [5.74, 6) is 0. The van der Waals surface area contributed by atoms with Crippen molar-refractivity contribution in [1.29, 1.82) is 0 Å². The van der Waals surface area contributed by atoms with Gasteiger partial charge < -0.3 is 10.5 Å². The van der Waals surface area contributed by atoms with Gasteiger partial charge in [0, 0.05) is 11.0 Å². The lowest BCUT2D eigenvalue weighted by Crippen LogP contribution is -2.20. The second-order valence-electron chi connectivity index (χ2n) is 3.60. The van der Waals surface area contributed by atoms with Gasteiger partial charge in [-0.1, -0.05) is 41.1 Å². The number of rotatable bonds is 5. The molecule has 0 aromatic heterocycles. The predicted molar refractivity (Wildman–Crippen MR) is 66.8 cm³/mol. The molecule has 0 aliphatic rings. The minimum atomic E-state index is -0.0180. The lowest BCUT2D eigenvalue weighted by atomic mass is 10.1. The highest BCUT2D eigenvalue weighted by Crippen LogP contribution is 2.26. The molecule has 0 fully saturated rings. The number of hydrogen-bond acceptors (Lipinski definition) is 2. The predicted octanol–water partition coefficient (Wildman–Crippen LogP) is 3.26. The lowest BCUT2D eigenvalue weighted by molar-refractivity contribution is -0.000391. The van der Waals surface area contributed by atoms with Gasteiger partial charge in [0.1, 0.15) is 0 Å². The molecule has 0 aliphatic heterocycles. The average molecular weight is 272 g/mol. The zero-order chi connectivity index (χ0) is 11.3. The van der Waals surface area contributed by atoms with Crippen molar-refractivity contribution in [3.8, 4) is 0 Å². The number of nitrogens with two attached hydrogens (primary N) is 1. The van der Waals surface area contributed by atoms with Crippen LogP contribution in [0.3, 0.4) is 0 Å². The molecule has 0 heterocycles. The molecule has 0 amide bonds. The van der Waals surface area contributed by atoms with E-state index in [0.29, 0.717) is 6.54 Å². The van der Waals surface area contributed by atoms with E-state index >= 15 is 0 Å². The summed E-state index contributed by atoms with van der Waals surface area (Å²) >= 11 is 3.51. The minimum absolute atomic E-state index is 0.0180. The summed E-state index contributed by atoms with van der Waals surface area (Å²) in [4.78, 5) is 0. The van der Waals surface area contributed by atoms with Gasteiger partial charge in [-0.15, -0.1) is 0 Å². The first kappa shape index (κ1) is 12.7. The largest absolute Gasteiger partial charge is 0.369 e. The first-order valence-corrected chi connectivity index (χ1v) is 6.08. The summed E-state index contributed by atoms with van der Waals surface area (Å²) in [6, 6.07) is 8.05. The summed E-state index contributed by atoms with van der Waals surface area (Å²) in [5.41, 5.74) is 6.86. The van der Waals surface area contributed by atoms with Crippen LogP contribution in [0.4, 0.5) is 0 Å². The maximum atomic E-state index is 5.86. The summed E-state index contributed by atoms with van der Waals surface area (Å²) in [6.45, 7) is 4.69. The van der Waals surface area contributed by atoms with Gasteiger partial charge >= 0.3 is 0 Å². The third kappa shape index (κ3) is 3.59. The molecule has 1 aromatic rings. The van der Waals surface area contributed by atoms with E-state index in [9.17, 15) is 0 Å². The number of halogens is 1. The highest BCUT2D eigenvalue weighted by atomic mass is 79.9. The van der Waals surface area contributed by atoms with Crippen molar-refractivity contribution in [2.24, 2.45) is 5.73 Å². The Hall–Kier alpha value is -0.380. The van der Waals surface area contributed by atoms with Gasteiger partial charge in [0.15, 0.2) is 0 Å². The zero-order valence-electron chi connectivity index (χ0n) is 9.24. The fourth-order valence-electron chi connectivity index (χ4n) is 1.37. The molecule has 2 unspecified atom stereocenters. The van der Waals surface area contributed by atoms with E-state index in [1.807, 2.05) is 24.3 Å². The van der Waals surface area contributed by atoms with Crippen LogP contribution >= 0.6 is 15.9 Å². The second-order valence-corrected chi connectivity index (χ2v) is 4.46.